The van der Waals surface area contributed by atoms with Crippen LogP contribution in [0.5, 0.6) is 0 Å². The molecule has 0 saturated carbocycles. The van der Waals surface area contributed by atoms with Crippen molar-refractivity contribution in [2.45, 2.75) is 24.6 Å². The topological polar surface area (TPSA) is 72.5 Å². The molecule has 2 aromatic rings. The lowest BCUT2D eigenvalue weighted by atomic mass is 10.1. The van der Waals surface area contributed by atoms with Gasteiger partial charge in [0, 0.05) is 5.56 Å². The average Bonchev–Trinajstić information content (AvgIpc) is 2.58. The highest BCUT2D eigenvalue weighted by Gasteiger charge is 2.33. The van der Waals surface area contributed by atoms with E-state index in [2.05, 4.69) is 4.72 Å². The minimum absolute atomic E-state index is 0.0293. The zero-order valence-electron chi connectivity index (χ0n) is 13.7. The monoisotopic (exact) mass is 387 g/mol. The first kappa shape index (κ1) is 19.9. The van der Waals surface area contributed by atoms with Gasteiger partial charge in [0.2, 0.25) is 10.0 Å². The SMILES string of the molecule is Cc1ccc(S(=O)(=O)NCC(=O)OCc2ccccc2C(F)(F)F)cc1. The normalized spacial score (nSPS) is 12.0. The molecule has 0 aliphatic rings. The largest absolute Gasteiger partial charge is 0.460 e. The fourth-order valence-corrected chi connectivity index (χ4v) is 3.06. The molecule has 9 heteroatoms. The molecule has 0 radical (unpaired) electrons. The van der Waals surface area contributed by atoms with Crippen LogP contribution in [0.25, 0.3) is 0 Å². The van der Waals surface area contributed by atoms with Gasteiger partial charge in [-0.2, -0.15) is 17.9 Å². The third-order valence-electron chi connectivity index (χ3n) is 3.45. The fraction of sp³-hybridized carbons (Fsp3) is 0.235. The number of carbonyl (C=O) groups excluding carboxylic acids is 1. The molecule has 0 fully saturated rings. The summed E-state index contributed by atoms with van der Waals surface area (Å²) in [5.74, 6) is -0.988. The lowest BCUT2D eigenvalue weighted by Crippen LogP contribution is -2.30. The summed E-state index contributed by atoms with van der Waals surface area (Å²) >= 11 is 0. The van der Waals surface area contributed by atoms with E-state index in [0.29, 0.717) is 0 Å². The van der Waals surface area contributed by atoms with E-state index in [1.807, 2.05) is 0 Å². The zero-order valence-corrected chi connectivity index (χ0v) is 14.5. The number of aryl methyl sites for hydroxylation is 1. The van der Waals surface area contributed by atoms with Gasteiger partial charge < -0.3 is 4.74 Å². The number of carbonyl (C=O) groups is 1. The Morgan fingerprint density at radius 3 is 2.31 bits per heavy atom. The number of nitrogens with one attached hydrogen (secondary N) is 1. The van der Waals surface area contributed by atoms with Gasteiger partial charge >= 0.3 is 12.1 Å². The highest BCUT2D eigenvalue weighted by Crippen LogP contribution is 2.32. The van der Waals surface area contributed by atoms with Crippen LogP contribution < -0.4 is 4.72 Å². The molecule has 1 N–H and O–H groups in total. The number of alkyl halides is 3. The van der Waals surface area contributed by atoms with E-state index >= 15 is 0 Å². The van der Waals surface area contributed by atoms with E-state index in [4.69, 9.17) is 4.74 Å². The number of rotatable bonds is 6. The molecule has 0 heterocycles. The smallest absolute Gasteiger partial charge is 0.416 e. The third kappa shape index (κ3) is 5.30. The van der Waals surface area contributed by atoms with Crippen LogP contribution in [0.4, 0.5) is 13.2 Å². The van der Waals surface area contributed by atoms with E-state index in [1.165, 1.54) is 30.3 Å². The Morgan fingerprint density at radius 2 is 1.69 bits per heavy atom. The maximum absolute atomic E-state index is 12.9. The maximum atomic E-state index is 12.9. The van der Waals surface area contributed by atoms with Crippen LogP contribution in [-0.2, 0) is 32.3 Å². The predicted molar refractivity (Wildman–Crippen MR) is 87.6 cm³/mol. The Kier molecular flexibility index (Phi) is 6.04. The van der Waals surface area contributed by atoms with Crippen molar-refractivity contribution in [1.82, 2.24) is 4.72 Å². The molecule has 2 rings (SSSR count). The molecular formula is C17H16F3NO4S. The van der Waals surface area contributed by atoms with E-state index in [-0.39, 0.29) is 10.5 Å². The Balaban J connectivity index is 1.95. The summed E-state index contributed by atoms with van der Waals surface area (Å²) in [7, 11) is -3.92. The van der Waals surface area contributed by atoms with Gasteiger partial charge in [-0.25, -0.2) is 8.42 Å². The highest BCUT2D eigenvalue weighted by atomic mass is 32.2. The van der Waals surface area contributed by atoms with Crippen LogP contribution in [0, 0.1) is 6.92 Å². The maximum Gasteiger partial charge on any atom is 0.416 e. The molecule has 0 spiro atoms. The second-order valence-electron chi connectivity index (χ2n) is 5.45. The third-order valence-corrected chi connectivity index (χ3v) is 4.87. The number of sulfonamides is 1. The molecule has 0 aromatic heterocycles. The summed E-state index contributed by atoms with van der Waals surface area (Å²) < 4.78 is 69.5. The van der Waals surface area contributed by atoms with Crippen molar-refractivity contribution >= 4 is 16.0 Å². The molecule has 5 nitrogen and oxygen atoms in total. The van der Waals surface area contributed by atoms with Crippen molar-refractivity contribution in [3.05, 3.63) is 65.2 Å². The van der Waals surface area contributed by atoms with Gasteiger partial charge in [-0.05, 0) is 25.1 Å². The Labute approximate surface area is 148 Å². The molecule has 0 aliphatic heterocycles. The molecule has 26 heavy (non-hydrogen) atoms. The minimum Gasteiger partial charge on any atom is -0.460 e. The van der Waals surface area contributed by atoms with Gasteiger partial charge in [0.15, 0.2) is 0 Å². The van der Waals surface area contributed by atoms with Crippen molar-refractivity contribution in [2.24, 2.45) is 0 Å². The summed E-state index contributed by atoms with van der Waals surface area (Å²) in [5, 5.41) is 0. The Hall–Kier alpha value is -2.39. The minimum atomic E-state index is -4.57. The van der Waals surface area contributed by atoms with Crippen molar-refractivity contribution in [2.75, 3.05) is 6.54 Å². The lowest BCUT2D eigenvalue weighted by molar-refractivity contribution is -0.146. The molecular weight excluding hydrogens is 371 g/mol. The van der Waals surface area contributed by atoms with Crippen molar-refractivity contribution in [3.63, 3.8) is 0 Å². The summed E-state index contributed by atoms with van der Waals surface area (Å²) in [6.45, 7) is 0.491. The van der Waals surface area contributed by atoms with Crippen LogP contribution in [0.15, 0.2) is 53.4 Å². The molecule has 0 unspecified atom stereocenters. The van der Waals surface area contributed by atoms with Crippen LogP contribution in [0.3, 0.4) is 0 Å². The van der Waals surface area contributed by atoms with Gasteiger partial charge in [0.1, 0.15) is 13.2 Å². The van der Waals surface area contributed by atoms with Gasteiger partial charge in [-0.3, -0.25) is 4.79 Å². The van der Waals surface area contributed by atoms with Crippen LogP contribution in [-0.4, -0.2) is 20.9 Å². The number of benzene rings is 2. The predicted octanol–water partition coefficient (Wildman–Crippen LogP) is 3.04. The quantitative estimate of drug-likeness (QED) is 0.774. The molecule has 2 aromatic carbocycles. The van der Waals surface area contributed by atoms with Gasteiger partial charge in [0.25, 0.3) is 0 Å². The van der Waals surface area contributed by atoms with E-state index in [0.717, 1.165) is 11.6 Å². The molecule has 0 aliphatic carbocycles. The average molecular weight is 387 g/mol. The molecule has 0 saturated heterocycles. The van der Waals surface area contributed by atoms with Crippen LogP contribution in [0.2, 0.25) is 0 Å². The van der Waals surface area contributed by atoms with Gasteiger partial charge in [-0.1, -0.05) is 35.9 Å². The van der Waals surface area contributed by atoms with Crippen molar-refractivity contribution < 1.29 is 31.1 Å². The Morgan fingerprint density at radius 1 is 1.08 bits per heavy atom. The van der Waals surface area contributed by atoms with Crippen LogP contribution >= 0.6 is 0 Å². The van der Waals surface area contributed by atoms with E-state index in [1.54, 1.807) is 19.1 Å². The first-order chi connectivity index (χ1) is 12.1. The van der Waals surface area contributed by atoms with E-state index in [9.17, 15) is 26.4 Å². The molecule has 0 bridgehead atoms. The Bertz CT molecular complexity index is 878. The van der Waals surface area contributed by atoms with Gasteiger partial charge in [-0.15, -0.1) is 0 Å². The highest BCUT2D eigenvalue weighted by molar-refractivity contribution is 7.89. The second-order valence-corrected chi connectivity index (χ2v) is 7.22. The molecule has 0 atom stereocenters. The molecule has 0 amide bonds. The first-order valence-electron chi connectivity index (χ1n) is 7.46. The summed E-state index contributed by atoms with van der Waals surface area (Å²) in [4.78, 5) is 11.6. The number of hydrogen-bond donors (Lipinski definition) is 1. The molecule has 140 valence electrons. The first-order valence-corrected chi connectivity index (χ1v) is 8.95. The number of esters is 1. The summed E-state index contributed by atoms with van der Waals surface area (Å²) in [6.07, 6.45) is -4.57. The lowest BCUT2D eigenvalue weighted by Gasteiger charge is -2.13. The second kappa shape index (κ2) is 7.88. The zero-order chi connectivity index (χ0) is 19.4. The van der Waals surface area contributed by atoms with Crippen molar-refractivity contribution in [3.8, 4) is 0 Å². The number of ether oxygens (including phenoxy) is 1. The number of halogens is 3. The van der Waals surface area contributed by atoms with Gasteiger partial charge in [0.05, 0.1) is 10.5 Å². The summed E-state index contributed by atoms with van der Waals surface area (Å²) in [6, 6.07) is 10.6. The van der Waals surface area contributed by atoms with Crippen molar-refractivity contribution in [1.29, 1.82) is 0 Å². The summed E-state index contributed by atoms with van der Waals surface area (Å²) in [5.41, 5.74) is -0.255. The fourth-order valence-electron chi connectivity index (χ4n) is 2.09. The van der Waals surface area contributed by atoms with Crippen LogP contribution in [0.1, 0.15) is 16.7 Å². The van der Waals surface area contributed by atoms with E-state index < -0.39 is 40.9 Å². The number of hydrogen-bond acceptors (Lipinski definition) is 4. The standard InChI is InChI=1S/C17H16F3NO4S/c1-12-6-8-14(9-7-12)26(23,24)21-10-16(22)25-11-13-4-2-3-5-15(13)17(18,19)20/h2-9,21H,10-11H2,1H3.